The van der Waals surface area contributed by atoms with Gasteiger partial charge in [-0.25, -0.2) is 0 Å². The molecule has 0 aliphatic carbocycles. The molecule has 0 spiro atoms. The molecule has 2 saturated heterocycles. The Labute approximate surface area is 146 Å². The fraction of sp³-hybridized carbons (Fsp3) is 0.900. The molecular formula is C20H34O4. The number of hydrogen-bond donors (Lipinski definition) is 0. The number of unbranched alkanes of at least 4 members (excludes halogenated alkanes) is 6. The zero-order valence-corrected chi connectivity index (χ0v) is 15.4. The van der Waals surface area contributed by atoms with Gasteiger partial charge < -0.3 is 9.47 Å². The molecule has 0 saturated carbocycles. The number of hydrogen-bond acceptors (Lipinski definition) is 4. The van der Waals surface area contributed by atoms with Crippen LogP contribution < -0.4 is 0 Å². The lowest BCUT2D eigenvalue weighted by Gasteiger charge is -2.25. The van der Waals surface area contributed by atoms with Crippen molar-refractivity contribution in [2.75, 3.05) is 6.61 Å². The molecule has 2 rings (SSSR count). The molecule has 0 aromatic carbocycles. The summed E-state index contributed by atoms with van der Waals surface area (Å²) in [6.07, 6.45) is 11.8. The molecule has 4 nitrogen and oxygen atoms in total. The molecule has 0 N–H and O–H groups in total. The summed E-state index contributed by atoms with van der Waals surface area (Å²) < 4.78 is 11.0. The molecule has 138 valence electrons. The van der Waals surface area contributed by atoms with Gasteiger partial charge in [0, 0.05) is 11.8 Å². The number of esters is 2. The second-order valence-electron chi connectivity index (χ2n) is 7.52. The average molecular weight is 338 g/mol. The molecule has 0 amide bonds. The van der Waals surface area contributed by atoms with Crippen LogP contribution in [0.4, 0.5) is 0 Å². The van der Waals surface area contributed by atoms with E-state index in [9.17, 15) is 9.59 Å². The highest BCUT2D eigenvalue weighted by molar-refractivity contribution is 5.76. The van der Waals surface area contributed by atoms with Gasteiger partial charge in [0.25, 0.3) is 0 Å². The Kier molecular flexibility index (Phi) is 8.07. The van der Waals surface area contributed by atoms with Crippen molar-refractivity contribution < 1.29 is 19.1 Å². The number of ether oxygens (including phenoxy) is 2. The van der Waals surface area contributed by atoms with Crippen molar-refractivity contribution in [2.45, 2.75) is 90.6 Å². The van der Waals surface area contributed by atoms with Gasteiger partial charge in [-0.1, -0.05) is 65.2 Å². The van der Waals surface area contributed by atoms with Crippen molar-refractivity contribution in [2.24, 2.45) is 17.8 Å². The van der Waals surface area contributed by atoms with E-state index in [-0.39, 0.29) is 35.8 Å². The molecule has 24 heavy (non-hydrogen) atoms. The molecule has 2 aliphatic heterocycles. The second-order valence-corrected chi connectivity index (χ2v) is 7.52. The van der Waals surface area contributed by atoms with E-state index in [4.69, 9.17) is 9.47 Å². The molecule has 2 heterocycles. The third-order valence-electron chi connectivity index (χ3n) is 5.62. The third kappa shape index (κ3) is 5.22. The van der Waals surface area contributed by atoms with Crippen molar-refractivity contribution in [1.82, 2.24) is 0 Å². The highest BCUT2D eigenvalue weighted by Crippen LogP contribution is 2.40. The van der Waals surface area contributed by atoms with Gasteiger partial charge in [0.15, 0.2) is 0 Å². The minimum Gasteiger partial charge on any atom is -0.465 e. The van der Waals surface area contributed by atoms with Gasteiger partial charge in [-0.2, -0.15) is 0 Å². The molecule has 4 heteroatoms. The van der Waals surface area contributed by atoms with Gasteiger partial charge in [-0.3, -0.25) is 9.59 Å². The van der Waals surface area contributed by atoms with Gasteiger partial charge in [-0.05, 0) is 12.8 Å². The van der Waals surface area contributed by atoms with Crippen molar-refractivity contribution in [3.05, 3.63) is 0 Å². The van der Waals surface area contributed by atoms with Crippen molar-refractivity contribution in [3.8, 4) is 0 Å². The molecule has 0 radical (unpaired) electrons. The van der Waals surface area contributed by atoms with Gasteiger partial charge in [0.2, 0.25) is 0 Å². The summed E-state index contributed by atoms with van der Waals surface area (Å²) in [6, 6.07) is 0. The van der Waals surface area contributed by atoms with E-state index in [1.807, 2.05) is 0 Å². The van der Waals surface area contributed by atoms with Crippen LogP contribution >= 0.6 is 0 Å². The van der Waals surface area contributed by atoms with Crippen LogP contribution in [0, 0.1) is 17.8 Å². The lowest BCUT2D eigenvalue weighted by atomic mass is 9.79. The van der Waals surface area contributed by atoms with E-state index in [1.165, 1.54) is 32.1 Å². The Balaban J connectivity index is 1.89. The maximum absolute atomic E-state index is 12.1. The quantitative estimate of drug-likeness (QED) is 0.406. The van der Waals surface area contributed by atoms with E-state index in [0.29, 0.717) is 13.0 Å². The van der Waals surface area contributed by atoms with Crippen LogP contribution in [0.5, 0.6) is 0 Å². The molecule has 4 unspecified atom stereocenters. The Morgan fingerprint density at radius 1 is 0.917 bits per heavy atom. The molecule has 0 aromatic rings. The molecule has 0 bridgehead atoms. The van der Waals surface area contributed by atoms with Crippen LogP contribution in [0.3, 0.4) is 0 Å². The Morgan fingerprint density at radius 2 is 1.58 bits per heavy atom. The fourth-order valence-electron chi connectivity index (χ4n) is 4.19. The van der Waals surface area contributed by atoms with E-state index >= 15 is 0 Å². The van der Waals surface area contributed by atoms with Gasteiger partial charge in [0.1, 0.15) is 6.10 Å². The Morgan fingerprint density at radius 3 is 2.25 bits per heavy atom. The highest BCUT2D eigenvalue weighted by atomic mass is 16.6. The van der Waals surface area contributed by atoms with E-state index in [1.54, 1.807) is 0 Å². The third-order valence-corrected chi connectivity index (χ3v) is 5.62. The lowest BCUT2D eigenvalue weighted by molar-refractivity contribution is -0.145. The number of rotatable bonds is 11. The zero-order chi connectivity index (χ0) is 17.4. The van der Waals surface area contributed by atoms with E-state index < -0.39 is 0 Å². The molecular weight excluding hydrogens is 304 g/mol. The number of cyclic esters (lactones) is 2. The zero-order valence-electron chi connectivity index (χ0n) is 15.4. The predicted molar refractivity (Wildman–Crippen MR) is 93.4 cm³/mol. The van der Waals surface area contributed by atoms with Crippen LogP contribution in [-0.2, 0) is 19.1 Å². The lowest BCUT2D eigenvalue weighted by Crippen LogP contribution is -2.32. The monoisotopic (exact) mass is 338 g/mol. The van der Waals surface area contributed by atoms with Gasteiger partial charge in [-0.15, -0.1) is 0 Å². The average Bonchev–Trinajstić information content (AvgIpc) is 3.11. The predicted octanol–water partition coefficient (Wildman–Crippen LogP) is 4.65. The van der Waals surface area contributed by atoms with Crippen molar-refractivity contribution >= 4 is 11.9 Å². The SMILES string of the molecule is CCCCCCC1CC(=O)OC1C1COC(=O)C1CCCCCC. The normalized spacial score (nSPS) is 29.8. The Hall–Kier alpha value is -1.06. The minimum atomic E-state index is -0.109. The first kappa shape index (κ1) is 19.3. The topological polar surface area (TPSA) is 52.6 Å². The molecule has 4 atom stereocenters. The molecule has 2 aliphatic rings. The van der Waals surface area contributed by atoms with E-state index in [2.05, 4.69) is 13.8 Å². The van der Waals surface area contributed by atoms with Crippen LogP contribution in [0.2, 0.25) is 0 Å². The maximum Gasteiger partial charge on any atom is 0.309 e. The van der Waals surface area contributed by atoms with Crippen LogP contribution in [0.25, 0.3) is 0 Å². The van der Waals surface area contributed by atoms with Crippen LogP contribution in [-0.4, -0.2) is 24.6 Å². The fourth-order valence-corrected chi connectivity index (χ4v) is 4.19. The summed E-state index contributed by atoms with van der Waals surface area (Å²) in [4.78, 5) is 24.0. The standard InChI is InChI=1S/C20H34O4/c1-3-5-7-9-11-15-13-18(21)24-19(15)17-14-23-20(22)16(17)12-10-8-6-4-2/h15-17,19H,3-14H2,1-2H3. The summed E-state index contributed by atoms with van der Waals surface area (Å²) in [5.74, 6) is 0.0957. The summed E-state index contributed by atoms with van der Waals surface area (Å²) in [5.41, 5.74) is 0. The number of carbonyl (C=O) groups excluding carboxylic acids is 2. The first-order chi connectivity index (χ1) is 11.7. The van der Waals surface area contributed by atoms with Crippen LogP contribution in [0.15, 0.2) is 0 Å². The highest BCUT2D eigenvalue weighted by Gasteiger charge is 2.48. The summed E-state index contributed by atoms with van der Waals surface area (Å²) in [7, 11) is 0. The molecule has 0 aromatic heterocycles. The first-order valence-electron chi connectivity index (χ1n) is 10.0. The first-order valence-corrected chi connectivity index (χ1v) is 10.0. The van der Waals surface area contributed by atoms with Gasteiger partial charge >= 0.3 is 11.9 Å². The van der Waals surface area contributed by atoms with Crippen molar-refractivity contribution in [3.63, 3.8) is 0 Å². The van der Waals surface area contributed by atoms with E-state index in [0.717, 1.165) is 32.1 Å². The van der Waals surface area contributed by atoms with Crippen LogP contribution in [0.1, 0.15) is 84.5 Å². The minimum absolute atomic E-state index is 0.0711. The smallest absolute Gasteiger partial charge is 0.309 e. The van der Waals surface area contributed by atoms with Crippen molar-refractivity contribution in [1.29, 1.82) is 0 Å². The summed E-state index contributed by atoms with van der Waals surface area (Å²) in [5, 5.41) is 0. The van der Waals surface area contributed by atoms with Gasteiger partial charge in [0.05, 0.1) is 18.9 Å². The maximum atomic E-state index is 12.1. The largest absolute Gasteiger partial charge is 0.465 e. The second kappa shape index (κ2) is 10.0. The summed E-state index contributed by atoms with van der Waals surface area (Å²) >= 11 is 0. The number of carbonyl (C=O) groups is 2. The molecule has 2 fully saturated rings. The summed E-state index contributed by atoms with van der Waals surface area (Å²) in [6.45, 7) is 4.82. The Bertz CT molecular complexity index is 406.